The summed E-state index contributed by atoms with van der Waals surface area (Å²) in [5, 5.41) is 0. The van der Waals surface area contributed by atoms with Crippen LogP contribution >= 0.6 is 0 Å². The Bertz CT molecular complexity index is 13.5. The van der Waals surface area contributed by atoms with Crippen LogP contribution in [0.15, 0.2) is 12.8 Å². The predicted molar refractivity (Wildman–Crippen MR) is 14.4 cm³/mol. The van der Waals surface area contributed by atoms with Gasteiger partial charge < -0.3 is 5.73 Å². The molecule has 0 aliphatic heterocycles. The van der Waals surface area contributed by atoms with Gasteiger partial charge >= 0.3 is 0 Å². The molecule has 0 unspecified atom stereocenters. The normalized spacial score (nSPS) is 3.00. The maximum atomic E-state index is 4.61. The fraction of sp³-hybridized carbons (Fsp3) is 0. The molecule has 0 atom stereocenters. The molecule has 2 N–H and O–H groups in total. The van der Waals surface area contributed by atoms with Crippen LogP contribution in [0.3, 0.4) is 0 Å². The molecule has 0 saturated carbocycles. The van der Waals surface area contributed by atoms with E-state index < -0.39 is 0 Å². The molecular weight excluding hydrogens is 129 g/mol. The summed E-state index contributed by atoms with van der Waals surface area (Å²) in [7, 11) is 0. The summed E-state index contributed by atoms with van der Waals surface area (Å²) in [5.41, 5.74) is 4.61. The van der Waals surface area contributed by atoms with E-state index >= 15 is 0 Å². The summed E-state index contributed by atoms with van der Waals surface area (Å²) >= 11 is 0. The van der Waals surface area contributed by atoms with Gasteiger partial charge in [0.1, 0.15) is 0 Å². The monoisotopic (exact) mass is 133 g/mol. The third-order valence-corrected chi connectivity index (χ3v) is 0. The summed E-state index contributed by atoms with van der Waals surface area (Å²) in [5.74, 6) is 0. The first-order valence-corrected chi connectivity index (χ1v) is 0.742. The van der Waals surface area contributed by atoms with E-state index in [2.05, 4.69) is 12.3 Å². The molecule has 0 aromatic rings. The first-order valence-electron chi connectivity index (χ1n) is 0.742. The Labute approximate surface area is 45.0 Å². The Kier molecular flexibility index (Phi) is 21.9. The molecule has 0 aromatic heterocycles. The molecule has 0 amide bonds. The molecule has 0 aliphatic carbocycles. The molecule has 0 fully saturated rings. The molecule has 4 heavy (non-hydrogen) atoms. The standard InChI is InChI=1S/C2H5N.Zr/c1-2-3;/h2H,1,3H2;. The van der Waals surface area contributed by atoms with Gasteiger partial charge in [-0.2, -0.15) is 0 Å². The topological polar surface area (TPSA) is 26.0 Å². The fourth-order valence-corrected chi connectivity index (χ4v) is 0. The van der Waals surface area contributed by atoms with Crippen molar-refractivity contribution in [3.63, 3.8) is 0 Å². The van der Waals surface area contributed by atoms with Crippen molar-refractivity contribution in [2.75, 3.05) is 0 Å². The summed E-state index contributed by atoms with van der Waals surface area (Å²) in [4.78, 5) is 0. The van der Waals surface area contributed by atoms with Crippen molar-refractivity contribution in [2.45, 2.75) is 0 Å². The average Bonchev–Trinajstić information content (AvgIpc) is 0.918. The van der Waals surface area contributed by atoms with Gasteiger partial charge in [0, 0.05) is 26.2 Å². The second-order valence-corrected chi connectivity index (χ2v) is 0.236. The van der Waals surface area contributed by atoms with E-state index in [4.69, 9.17) is 0 Å². The maximum absolute atomic E-state index is 4.61. The average molecular weight is 134 g/mol. The SMILES string of the molecule is C=CN.[Zr]. The molecule has 0 bridgehead atoms. The van der Waals surface area contributed by atoms with Gasteiger partial charge in [-0.1, -0.05) is 6.58 Å². The second kappa shape index (κ2) is 9.92. The molecule has 0 spiro atoms. The van der Waals surface area contributed by atoms with Gasteiger partial charge in [-0.05, 0) is 6.20 Å². The largest absolute Gasteiger partial charge is 0.405 e. The zero-order chi connectivity index (χ0) is 2.71. The number of rotatable bonds is 0. The van der Waals surface area contributed by atoms with Crippen molar-refractivity contribution in [1.82, 2.24) is 0 Å². The molecule has 0 radical (unpaired) electrons. The van der Waals surface area contributed by atoms with Gasteiger partial charge in [-0.3, -0.25) is 0 Å². The number of hydrogen-bond acceptors (Lipinski definition) is 1. The van der Waals surface area contributed by atoms with Crippen molar-refractivity contribution in [2.24, 2.45) is 5.73 Å². The van der Waals surface area contributed by atoms with Crippen LogP contribution in [-0.4, -0.2) is 0 Å². The van der Waals surface area contributed by atoms with Gasteiger partial charge in [0.05, 0.1) is 0 Å². The molecule has 0 saturated heterocycles. The molecule has 1 nitrogen and oxygen atoms in total. The van der Waals surface area contributed by atoms with Crippen LogP contribution in [0, 0.1) is 0 Å². The van der Waals surface area contributed by atoms with Crippen molar-refractivity contribution >= 4 is 0 Å². The summed E-state index contributed by atoms with van der Waals surface area (Å²) in [6.07, 6.45) is 1.25. The van der Waals surface area contributed by atoms with Crippen molar-refractivity contribution in [3.8, 4) is 0 Å². The Morgan fingerprint density at radius 3 is 1.75 bits per heavy atom. The minimum absolute atomic E-state index is 0. The van der Waals surface area contributed by atoms with E-state index in [1.54, 1.807) is 0 Å². The van der Waals surface area contributed by atoms with Crippen LogP contribution in [0.4, 0.5) is 0 Å². The zero-order valence-electron chi connectivity index (χ0n) is 2.36. The Hall–Kier alpha value is 0.423. The van der Waals surface area contributed by atoms with Crippen molar-refractivity contribution < 1.29 is 26.2 Å². The third-order valence-electron chi connectivity index (χ3n) is 0. The van der Waals surface area contributed by atoms with Crippen LogP contribution in [-0.2, 0) is 26.2 Å². The zero-order valence-corrected chi connectivity index (χ0v) is 4.82. The molecule has 2 heteroatoms. The van der Waals surface area contributed by atoms with Crippen LogP contribution in [0.25, 0.3) is 0 Å². The smallest absolute Gasteiger partial charge is 0 e. The van der Waals surface area contributed by atoms with Gasteiger partial charge in [-0.25, -0.2) is 0 Å². The molecule has 0 aromatic carbocycles. The van der Waals surface area contributed by atoms with E-state index in [-0.39, 0.29) is 26.2 Å². The summed E-state index contributed by atoms with van der Waals surface area (Å²) < 4.78 is 0. The summed E-state index contributed by atoms with van der Waals surface area (Å²) in [6.45, 7) is 3.14. The van der Waals surface area contributed by atoms with Crippen LogP contribution < -0.4 is 5.73 Å². The molecular formula is C2H5NZr. The van der Waals surface area contributed by atoms with E-state index in [9.17, 15) is 0 Å². The minimum Gasteiger partial charge on any atom is -0.405 e. The summed E-state index contributed by atoms with van der Waals surface area (Å²) in [6, 6.07) is 0. The molecule has 0 rings (SSSR count). The molecule has 0 heterocycles. The number of hydrogen-bond donors (Lipinski definition) is 1. The molecule has 0 aliphatic rings. The van der Waals surface area contributed by atoms with E-state index in [1.807, 2.05) is 0 Å². The van der Waals surface area contributed by atoms with Gasteiger partial charge in [0.15, 0.2) is 0 Å². The molecule has 22 valence electrons. The minimum atomic E-state index is 0. The van der Waals surface area contributed by atoms with Crippen LogP contribution in [0.2, 0.25) is 0 Å². The van der Waals surface area contributed by atoms with E-state index in [0.717, 1.165) is 0 Å². The quantitative estimate of drug-likeness (QED) is 0.499. The number of nitrogens with two attached hydrogens (primary N) is 1. The predicted octanol–water partition coefficient (Wildman–Crippen LogP) is 0.0861. The second-order valence-electron chi connectivity index (χ2n) is 0.236. The van der Waals surface area contributed by atoms with Crippen molar-refractivity contribution in [3.05, 3.63) is 12.8 Å². The fourth-order valence-electron chi connectivity index (χ4n) is 0. The van der Waals surface area contributed by atoms with E-state index in [1.165, 1.54) is 6.20 Å². The van der Waals surface area contributed by atoms with Crippen LogP contribution in [0.5, 0.6) is 0 Å². The Morgan fingerprint density at radius 2 is 1.75 bits per heavy atom. The first kappa shape index (κ1) is 8.83. The maximum Gasteiger partial charge on any atom is 0 e. The Balaban J connectivity index is 0. The third kappa shape index (κ3) is 27.4. The van der Waals surface area contributed by atoms with Gasteiger partial charge in [0.2, 0.25) is 0 Å². The van der Waals surface area contributed by atoms with Crippen LogP contribution in [0.1, 0.15) is 0 Å². The Morgan fingerprint density at radius 1 is 1.75 bits per heavy atom. The van der Waals surface area contributed by atoms with E-state index in [0.29, 0.717) is 0 Å². The van der Waals surface area contributed by atoms with Gasteiger partial charge in [-0.15, -0.1) is 0 Å². The van der Waals surface area contributed by atoms with Crippen molar-refractivity contribution in [1.29, 1.82) is 0 Å². The first-order chi connectivity index (χ1) is 1.41. The van der Waals surface area contributed by atoms with Gasteiger partial charge in [0.25, 0.3) is 0 Å².